The number of nitrogens with two attached hydrogens (primary N) is 1. The maximum atomic E-state index is 11.3. The Morgan fingerprint density at radius 1 is 1.33 bits per heavy atom. The van der Waals surface area contributed by atoms with E-state index in [1.54, 1.807) is 18.5 Å². The van der Waals surface area contributed by atoms with Crippen molar-refractivity contribution < 1.29 is 4.79 Å². The molecule has 0 atom stereocenters. The number of primary amides is 1. The van der Waals surface area contributed by atoms with Gasteiger partial charge in [0.25, 0.3) is 0 Å². The van der Waals surface area contributed by atoms with Gasteiger partial charge in [-0.05, 0) is 30.4 Å². The fraction of sp³-hybridized carbons (Fsp3) is 0.500. The number of aromatic nitrogens is 1. The first-order valence-electron chi connectivity index (χ1n) is 5.53. The fourth-order valence-corrected chi connectivity index (χ4v) is 2.37. The van der Waals surface area contributed by atoms with Crippen molar-refractivity contribution in [3.63, 3.8) is 0 Å². The molecular weight excluding hydrogens is 188 g/mol. The van der Waals surface area contributed by atoms with E-state index in [0.29, 0.717) is 11.5 Å². The highest BCUT2D eigenvalue weighted by Crippen LogP contribution is 2.33. The van der Waals surface area contributed by atoms with Gasteiger partial charge in [0.05, 0.1) is 0 Å². The van der Waals surface area contributed by atoms with E-state index < -0.39 is 0 Å². The van der Waals surface area contributed by atoms with Crippen molar-refractivity contribution >= 4 is 5.91 Å². The van der Waals surface area contributed by atoms with Gasteiger partial charge in [-0.3, -0.25) is 9.78 Å². The molecule has 15 heavy (non-hydrogen) atoms. The molecule has 1 saturated carbocycles. The first-order valence-corrected chi connectivity index (χ1v) is 5.53. The third kappa shape index (κ3) is 2.17. The van der Waals surface area contributed by atoms with Crippen LogP contribution in [0.4, 0.5) is 0 Å². The Bertz CT molecular complexity index is 356. The number of pyridine rings is 1. The Morgan fingerprint density at radius 2 is 2.07 bits per heavy atom. The van der Waals surface area contributed by atoms with Gasteiger partial charge in [0, 0.05) is 18.0 Å². The van der Waals surface area contributed by atoms with E-state index in [1.807, 2.05) is 0 Å². The summed E-state index contributed by atoms with van der Waals surface area (Å²) in [5.74, 6) is 0.146. The van der Waals surface area contributed by atoms with Gasteiger partial charge in [0.15, 0.2) is 0 Å². The number of hydrogen-bond acceptors (Lipinski definition) is 2. The number of nitrogens with zero attached hydrogens (tertiary/aromatic N) is 1. The SMILES string of the molecule is NC(=O)c1ccncc1C1CCCCC1. The third-order valence-electron chi connectivity index (χ3n) is 3.16. The van der Waals surface area contributed by atoms with Gasteiger partial charge in [-0.1, -0.05) is 19.3 Å². The molecule has 2 rings (SSSR count). The summed E-state index contributed by atoms with van der Waals surface area (Å²) in [6, 6.07) is 1.73. The number of amides is 1. The summed E-state index contributed by atoms with van der Waals surface area (Å²) < 4.78 is 0. The van der Waals surface area contributed by atoms with Crippen molar-refractivity contribution in [3.8, 4) is 0 Å². The normalized spacial score (nSPS) is 17.6. The van der Waals surface area contributed by atoms with Crippen molar-refractivity contribution in [1.29, 1.82) is 0 Å². The molecule has 0 saturated heterocycles. The van der Waals surface area contributed by atoms with Crippen molar-refractivity contribution in [1.82, 2.24) is 4.98 Å². The Morgan fingerprint density at radius 3 is 2.73 bits per heavy atom. The maximum Gasteiger partial charge on any atom is 0.249 e. The predicted octanol–water partition coefficient (Wildman–Crippen LogP) is 2.23. The lowest BCUT2D eigenvalue weighted by Gasteiger charge is -2.22. The van der Waals surface area contributed by atoms with E-state index in [4.69, 9.17) is 5.73 Å². The van der Waals surface area contributed by atoms with Crippen molar-refractivity contribution in [2.45, 2.75) is 38.0 Å². The van der Waals surface area contributed by atoms with Gasteiger partial charge in [-0.25, -0.2) is 0 Å². The highest BCUT2D eigenvalue weighted by atomic mass is 16.1. The minimum atomic E-state index is -0.335. The van der Waals surface area contributed by atoms with Crippen LogP contribution in [0.15, 0.2) is 18.5 Å². The van der Waals surface area contributed by atoms with E-state index in [1.165, 1.54) is 19.3 Å². The highest BCUT2D eigenvalue weighted by molar-refractivity contribution is 5.94. The minimum absolute atomic E-state index is 0.335. The summed E-state index contributed by atoms with van der Waals surface area (Å²) in [7, 11) is 0. The van der Waals surface area contributed by atoms with Crippen LogP contribution in [0, 0.1) is 0 Å². The number of carbonyl (C=O) groups excluding carboxylic acids is 1. The van der Waals surface area contributed by atoms with Gasteiger partial charge < -0.3 is 5.73 Å². The van der Waals surface area contributed by atoms with E-state index in [-0.39, 0.29) is 5.91 Å². The van der Waals surface area contributed by atoms with Crippen LogP contribution in [-0.4, -0.2) is 10.9 Å². The molecule has 1 aliphatic carbocycles. The second-order valence-electron chi connectivity index (χ2n) is 4.16. The number of rotatable bonds is 2. The lowest BCUT2D eigenvalue weighted by Crippen LogP contribution is -2.17. The Balaban J connectivity index is 2.29. The van der Waals surface area contributed by atoms with Crippen LogP contribution in [-0.2, 0) is 0 Å². The average molecular weight is 204 g/mol. The van der Waals surface area contributed by atoms with Crippen LogP contribution in [0.3, 0.4) is 0 Å². The molecule has 0 aromatic carbocycles. The molecule has 0 aliphatic heterocycles. The fourth-order valence-electron chi connectivity index (χ4n) is 2.37. The van der Waals surface area contributed by atoms with Crippen LogP contribution in [0.5, 0.6) is 0 Å². The lowest BCUT2D eigenvalue weighted by atomic mass is 9.83. The predicted molar refractivity (Wildman–Crippen MR) is 58.6 cm³/mol. The Kier molecular flexibility index (Phi) is 2.99. The molecule has 0 bridgehead atoms. The van der Waals surface area contributed by atoms with Gasteiger partial charge in [-0.2, -0.15) is 0 Å². The maximum absolute atomic E-state index is 11.3. The van der Waals surface area contributed by atoms with E-state index in [0.717, 1.165) is 18.4 Å². The largest absolute Gasteiger partial charge is 0.366 e. The topological polar surface area (TPSA) is 56.0 Å². The van der Waals surface area contributed by atoms with Crippen LogP contribution < -0.4 is 5.73 Å². The molecule has 2 N–H and O–H groups in total. The van der Waals surface area contributed by atoms with Crippen LogP contribution in [0.25, 0.3) is 0 Å². The van der Waals surface area contributed by atoms with E-state index in [9.17, 15) is 4.79 Å². The zero-order valence-corrected chi connectivity index (χ0v) is 8.78. The molecule has 3 nitrogen and oxygen atoms in total. The minimum Gasteiger partial charge on any atom is -0.366 e. The van der Waals surface area contributed by atoms with Crippen LogP contribution >= 0.6 is 0 Å². The molecule has 0 unspecified atom stereocenters. The number of carbonyl (C=O) groups is 1. The first-order chi connectivity index (χ1) is 7.29. The van der Waals surface area contributed by atoms with Crippen molar-refractivity contribution in [2.75, 3.05) is 0 Å². The molecule has 1 aromatic heterocycles. The summed E-state index contributed by atoms with van der Waals surface area (Å²) in [5, 5.41) is 0. The van der Waals surface area contributed by atoms with E-state index in [2.05, 4.69) is 4.98 Å². The molecule has 1 amide bonds. The average Bonchev–Trinajstić information content (AvgIpc) is 2.30. The second kappa shape index (κ2) is 4.43. The molecule has 1 fully saturated rings. The Hall–Kier alpha value is -1.38. The van der Waals surface area contributed by atoms with Crippen LogP contribution in [0.1, 0.15) is 53.9 Å². The molecule has 0 radical (unpaired) electrons. The van der Waals surface area contributed by atoms with Gasteiger partial charge in [0.2, 0.25) is 5.91 Å². The van der Waals surface area contributed by atoms with Crippen molar-refractivity contribution in [3.05, 3.63) is 29.6 Å². The lowest BCUT2D eigenvalue weighted by molar-refractivity contribution is 0.0998. The molecule has 3 heteroatoms. The first kappa shape index (κ1) is 10.1. The quantitative estimate of drug-likeness (QED) is 0.803. The molecule has 1 heterocycles. The smallest absolute Gasteiger partial charge is 0.249 e. The highest BCUT2D eigenvalue weighted by Gasteiger charge is 2.20. The molecule has 80 valence electrons. The van der Waals surface area contributed by atoms with Gasteiger partial charge in [0.1, 0.15) is 0 Å². The summed E-state index contributed by atoms with van der Waals surface area (Å²) in [6.07, 6.45) is 9.55. The molecule has 0 spiro atoms. The monoisotopic (exact) mass is 204 g/mol. The summed E-state index contributed by atoms with van der Waals surface area (Å²) in [5.41, 5.74) is 7.05. The van der Waals surface area contributed by atoms with Crippen molar-refractivity contribution in [2.24, 2.45) is 5.73 Å². The van der Waals surface area contributed by atoms with Crippen LogP contribution in [0.2, 0.25) is 0 Å². The molecular formula is C12H16N2O. The summed E-state index contributed by atoms with van der Waals surface area (Å²) in [4.78, 5) is 15.4. The third-order valence-corrected chi connectivity index (χ3v) is 3.16. The standard InChI is InChI=1S/C12H16N2O/c13-12(15)10-6-7-14-8-11(10)9-4-2-1-3-5-9/h6-9H,1-5H2,(H2,13,15). The summed E-state index contributed by atoms with van der Waals surface area (Å²) in [6.45, 7) is 0. The second-order valence-corrected chi connectivity index (χ2v) is 4.16. The zero-order chi connectivity index (χ0) is 10.7. The summed E-state index contributed by atoms with van der Waals surface area (Å²) >= 11 is 0. The molecule has 1 aliphatic rings. The van der Waals surface area contributed by atoms with E-state index >= 15 is 0 Å². The molecule has 1 aromatic rings. The number of hydrogen-bond donors (Lipinski definition) is 1. The van der Waals surface area contributed by atoms with Gasteiger partial charge in [-0.15, -0.1) is 0 Å². The Labute approximate surface area is 89.7 Å². The van der Waals surface area contributed by atoms with Gasteiger partial charge >= 0.3 is 0 Å². The zero-order valence-electron chi connectivity index (χ0n) is 8.78.